The Morgan fingerprint density at radius 2 is 2.20 bits per heavy atom. The minimum absolute atomic E-state index is 0.503. The first-order valence-corrected chi connectivity index (χ1v) is 7.26. The van der Waals surface area contributed by atoms with Crippen molar-refractivity contribution in [2.24, 2.45) is 11.3 Å². The lowest BCUT2D eigenvalue weighted by Gasteiger charge is -2.21. The molecule has 2 heteroatoms. The molecular formula is C13H24IN. The fraction of sp³-hybridized carbons (Fsp3) is 0.846. The monoisotopic (exact) mass is 321 g/mol. The van der Waals surface area contributed by atoms with Crippen molar-refractivity contribution >= 4 is 22.6 Å². The van der Waals surface area contributed by atoms with Crippen LogP contribution < -0.4 is 0 Å². The van der Waals surface area contributed by atoms with Gasteiger partial charge in [0.05, 0.1) is 0 Å². The van der Waals surface area contributed by atoms with E-state index in [-0.39, 0.29) is 0 Å². The van der Waals surface area contributed by atoms with Crippen LogP contribution in [0.15, 0.2) is 12.2 Å². The summed E-state index contributed by atoms with van der Waals surface area (Å²) in [5.74, 6) is 0.878. The van der Waals surface area contributed by atoms with Gasteiger partial charge < -0.3 is 4.90 Å². The smallest absolute Gasteiger partial charge is 0.0261 e. The molecular weight excluding hydrogens is 297 g/mol. The molecule has 1 aliphatic rings. The van der Waals surface area contributed by atoms with Gasteiger partial charge in [-0.1, -0.05) is 48.6 Å². The van der Waals surface area contributed by atoms with E-state index in [1.807, 2.05) is 0 Å². The predicted octanol–water partition coefficient (Wildman–Crippen LogP) is 3.73. The van der Waals surface area contributed by atoms with Crippen LogP contribution in [0.5, 0.6) is 0 Å². The Hall–Kier alpha value is 0.430. The highest BCUT2D eigenvalue weighted by molar-refractivity contribution is 14.1. The van der Waals surface area contributed by atoms with Crippen LogP contribution in [0, 0.1) is 11.3 Å². The average molecular weight is 321 g/mol. The van der Waals surface area contributed by atoms with Crippen molar-refractivity contribution in [3.8, 4) is 0 Å². The second-order valence-electron chi connectivity index (χ2n) is 5.11. The van der Waals surface area contributed by atoms with Crippen LogP contribution in [0.1, 0.15) is 33.6 Å². The third-order valence-electron chi connectivity index (χ3n) is 3.37. The van der Waals surface area contributed by atoms with Gasteiger partial charge in [0, 0.05) is 15.9 Å². The molecule has 1 rings (SSSR count). The van der Waals surface area contributed by atoms with Crippen LogP contribution in [0.4, 0.5) is 0 Å². The van der Waals surface area contributed by atoms with Crippen molar-refractivity contribution in [1.29, 1.82) is 0 Å². The molecule has 0 unspecified atom stereocenters. The van der Waals surface area contributed by atoms with Crippen LogP contribution >= 0.6 is 22.6 Å². The third-order valence-corrected chi connectivity index (χ3v) is 3.79. The van der Waals surface area contributed by atoms with Gasteiger partial charge in [-0.05, 0) is 39.3 Å². The average Bonchev–Trinajstić information content (AvgIpc) is 2.74. The lowest BCUT2D eigenvalue weighted by atomic mass is 10.0. The summed E-state index contributed by atoms with van der Waals surface area (Å²) in [6, 6.07) is 0. The Bertz CT molecular complexity index is 225. The molecule has 0 heterocycles. The number of alkyl halides is 1. The van der Waals surface area contributed by atoms with E-state index in [0.29, 0.717) is 9.34 Å². The Morgan fingerprint density at radius 1 is 1.60 bits per heavy atom. The summed E-state index contributed by atoms with van der Waals surface area (Å²) in [5, 5.41) is 0. The largest absolute Gasteiger partial charge is 0.306 e. The molecule has 0 aliphatic heterocycles. The van der Waals surface area contributed by atoms with E-state index >= 15 is 0 Å². The normalized spacial score (nSPS) is 32.5. The van der Waals surface area contributed by atoms with Gasteiger partial charge in [0.15, 0.2) is 0 Å². The highest BCUT2D eigenvalue weighted by atomic mass is 127. The Balaban J connectivity index is 2.48. The van der Waals surface area contributed by atoms with Crippen LogP contribution in [-0.2, 0) is 0 Å². The first-order chi connectivity index (χ1) is 7.00. The third kappa shape index (κ3) is 4.06. The number of rotatable bonds is 6. The van der Waals surface area contributed by atoms with Crippen molar-refractivity contribution in [1.82, 2.24) is 4.90 Å². The SMILES string of the molecule is CCCN(C)C[C@]1(/C=C\[C@H](C)I)C[C@H]1C. The number of hydrogen-bond acceptors (Lipinski definition) is 1. The van der Waals surface area contributed by atoms with Crippen LogP contribution in [-0.4, -0.2) is 29.0 Å². The molecule has 15 heavy (non-hydrogen) atoms. The van der Waals surface area contributed by atoms with Gasteiger partial charge in [-0.15, -0.1) is 0 Å². The van der Waals surface area contributed by atoms with Crippen LogP contribution in [0.3, 0.4) is 0 Å². The zero-order valence-electron chi connectivity index (χ0n) is 10.5. The first-order valence-electron chi connectivity index (χ1n) is 6.02. The Labute approximate surface area is 108 Å². The summed E-state index contributed by atoms with van der Waals surface area (Å²) >= 11 is 2.47. The topological polar surface area (TPSA) is 3.24 Å². The molecule has 1 fully saturated rings. The molecule has 0 N–H and O–H groups in total. The lowest BCUT2D eigenvalue weighted by molar-refractivity contribution is 0.282. The predicted molar refractivity (Wildman–Crippen MR) is 76.6 cm³/mol. The van der Waals surface area contributed by atoms with E-state index in [4.69, 9.17) is 0 Å². The molecule has 3 atom stereocenters. The molecule has 0 spiro atoms. The maximum absolute atomic E-state index is 2.48. The van der Waals surface area contributed by atoms with E-state index in [1.54, 1.807) is 0 Å². The van der Waals surface area contributed by atoms with E-state index in [0.717, 1.165) is 5.92 Å². The van der Waals surface area contributed by atoms with Crippen LogP contribution in [0.2, 0.25) is 0 Å². The van der Waals surface area contributed by atoms with Gasteiger partial charge in [0.1, 0.15) is 0 Å². The maximum Gasteiger partial charge on any atom is 0.0261 e. The molecule has 88 valence electrons. The molecule has 1 aliphatic carbocycles. The molecule has 0 amide bonds. The van der Waals surface area contributed by atoms with Crippen molar-refractivity contribution in [2.45, 2.75) is 37.5 Å². The highest BCUT2D eigenvalue weighted by Crippen LogP contribution is 2.54. The second-order valence-corrected chi connectivity index (χ2v) is 7.08. The van der Waals surface area contributed by atoms with Gasteiger partial charge in [0.25, 0.3) is 0 Å². The summed E-state index contributed by atoms with van der Waals surface area (Å²) in [6.45, 7) is 9.34. The Morgan fingerprint density at radius 3 is 2.60 bits per heavy atom. The van der Waals surface area contributed by atoms with Crippen LogP contribution in [0.25, 0.3) is 0 Å². The molecule has 1 nitrogen and oxygen atoms in total. The zero-order chi connectivity index (χ0) is 11.5. The van der Waals surface area contributed by atoms with Gasteiger partial charge in [-0.25, -0.2) is 0 Å². The Kier molecular flexibility index (Phi) is 5.10. The summed E-state index contributed by atoms with van der Waals surface area (Å²) in [6.07, 6.45) is 7.47. The summed E-state index contributed by atoms with van der Waals surface area (Å²) in [5.41, 5.74) is 0.503. The van der Waals surface area contributed by atoms with Crippen molar-refractivity contribution in [2.75, 3.05) is 20.1 Å². The number of halogens is 1. The fourth-order valence-electron chi connectivity index (χ4n) is 2.30. The van der Waals surface area contributed by atoms with Crippen molar-refractivity contribution in [3.05, 3.63) is 12.2 Å². The molecule has 0 radical (unpaired) electrons. The minimum Gasteiger partial charge on any atom is -0.306 e. The first kappa shape index (κ1) is 13.5. The zero-order valence-corrected chi connectivity index (χ0v) is 12.6. The van der Waals surface area contributed by atoms with Gasteiger partial charge in [0.2, 0.25) is 0 Å². The standard InChI is InChI=1S/C13H24IN/c1-5-8-15(4)10-13(9-11(13)2)7-6-12(3)14/h6-7,11-12H,5,8-10H2,1-4H3/b7-6-/t11-,12+,13+/m1/s1. The van der Waals surface area contributed by atoms with Gasteiger partial charge >= 0.3 is 0 Å². The summed E-state index contributed by atoms with van der Waals surface area (Å²) < 4.78 is 0.656. The number of nitrogens with zero attached hydrogens (tertiary/aromatic N) is 1. The van der Waals surface area contributed by atoms with Crippen molar-refractivity contribution < 1.29 is 0 Å². The highest BCUT2D eigenvalue weighted by Gasteiger charge is 2.49. The van der Waals surface area contributed by atoms with Gasteiger partial charge in [-0.2, -0.15) is 0 Å². The van der Waals surface area contributed by atoms with Gasteiger partial charge in [-0.3, -0.25) is 0 Å². The summed E-state index contributed by atoms with van der Waals surface area (Å²) in [7, 11) is 2.25. The summed E-state index contributed by atoms with van der Waals surface area (Å²) in [4.78, 5) is 2.48. The number of allylic oxidation sites excluding steroid dienone is 1. The molecule has 0 bridgehead atoms. The number of hydrogen-bond donors (Lipinski definition) is 0. The lowest BCUT2D eigenvalue weighted by Crippen LogP contribution is -2.27. The quantitative estimate of drug-likeness (QED) is 0.409. The molecule has 0 aromatic heterocycles. The minimum atomic E-state index is 0.503. The fourth-order valence-corrected chi connectivity index (χ4v) is 2.51. The maximum atomic E-state index is 2.48. The second kappa shape index (κ2) is 5.67. The molecule has 0 aromatic carbocycles. The van der Waals surface area contributed by atoms with E-state index < -0.39 is 0 Å². The molecule has 0 saturated heterocycles. The van der Waals surface area contributed by atoms with E-state index in [1.165, 1.54) is 25.9 Å². The molecule has 1 saturated carbocycles. The van der Waals surface area contributed by atoms with Crippen molar-refractivity contribution in [3.63, 3.8) is 0 Å². The van der Waals surface area contributed by atoms with E-state index in [9.17, 15) is 0 Å². The van der Waals surface area contributed by atoms with E-state index in [2.05, 4.69) is 67.5 Å². The molecule has 0 aromatic rings.